The molecule has 0 saturated carbocycles. The zero-order valence-corrected chi connectivity index (χ0v) is 10.9. The maximum atomic E-state index is 9.45. The molecule has 1 saturated heterocycles. The molecule has 3 heteroatoms. The van der Waals surface area contributed by atoms with Gasteiger partial charge in [0.1, 0.15) is 0 Å². The quantitative estimate of drug-likeness (QED) is 0.695. The number of aliphatic hydroxyl groups is 1. The normalized spacial score (nSPS) is 21.2. The third-order valence-corrected chi connectivity index (χ3v) is 3.51. The van der Waals surface area contributed by atoms with Crippen molar-refractivity contribution in [3.63, 3.8) is 0 Å². The maximum absolute atomic E-state index is 9.45. The van der Waals surface area contributed by atoms with Crippen LogP contribution in [0.4, 0.5) is 0 Å². The largest absolute Gasteiger partial charge is 0.393 e. The van der Waals surface area contributed by atoms with Gasteiger partial charge < -0.3 is 15.3 Å². The molecule has 0 aromatic carbocycles. The molecule has 1 aliphatic heterocycles. The first-order valence-electron chi connectivity index (χ1n) is 6.90. The van der Waals surface area contributed by atoms with Gasteiger partial charge in [-0.3, -0.25) is 0 Å². The van der Waals surface area contributed by atoms with E-state index in [4.69, 9.17) is 0 Å². The van der Waals surface area contributed by atoms with E-state index < -0.39 is 0 Å². The Labute approximate surface area is 100 Å². The second kappa shape index (κ2) is 8.04. The van der Waals surface area contributed by atoms with Gasteiger partial charge in [0.25, 0.3) is 0 Å². The van der Waals surface area contributed by atoms with Crippen LogP contribution in [0.1, 0.15) is 46.0 Å². The van der Waals surface area contributed by atoms with E-state index in [1.165, 1.54) is 38.9 Å². The molecule has 1 unspecified atom stereocenters. The fourth-order valence-corrected chi connectivity index (χ4v) is 2.34. The summed E-state index contributed by atoms with van der Waals surface area (Å²) in [5, 5.41) is 13.0. The molecule has 16 heavy (non-hydrogen) atoms. The molecule has 1 fully saturated rings. The van der Waals surface area contributed by atoms with Crippen LogP contribution in [-0.2, 0) is 0 Å². The zero-order chi connectivity index (χ0) is 11.8. The van der Waals surface area contributed by atoms with Crippen LogP contribution in [0.2, 0.25) is 0 Å². The van der Waals surface area contributed by atoms with Crippen LogP contribution in [-0.4, -0.2) is 48.3 Å². The first-order valence-corrected chi connectivity index (χ1v) is 6.90. The summed E-state index contributed by atoms with van der Waals surface area (Å²) in [5.41, 5.74) is 0. The Morgan fingerprint density at radius 1 is 1.31 bits per heavy atom. The Kier molecular flexibility index (Phi) is 7.01. The summed E-state index contributed by atoms with van der Waals surface area (Å²) in [6.45, 7) is 8.97. The van der Waals surface area contributed by atoms with Crippen LogP contribution in [0.25, 0.3) is 0 Å². The molecule has 3 nitrogen and oxygen atoms in total. The van der Waals surface area contributed by atoms with E-state index in [1.54, 1.807) is 0 Å². The van der Waals surface area contributed by atoms with Gasteiger partial charge >= 0.3 is 0 Å². The lowest BCUT2D eigenvalue weighted by Crippen LogP contribution is -2.43. The number of aliphatic hydroxyl groups excluding tert-OH is 1. The molecule has 0 aliphatic carbocycles. The standard InChI is InChI=1S/C13H28N2O/c1-3-9-15-10-6-12(7-11-15)14-8-5-13(16)4-2/h12-14,16H,3-11H2,1-2H3. The van der Waals surface area contributed by atoms with Gasteiger partial charge in [-0.05, 0) is 58.3 Å². The predicted molar refractivity (Wildman–Crippen MR) is 68.7 cm³/mol. The highest BCUT2D eigenvalue weighted by Crippen LogP contribution is 2.10. The number of likely N-dealkylation sites (tertiary alicyclic amines) is 1. The molecule has 0 amide bonds. The molecule has 96 valence electrons. The van der Waals surface area contributed by atoms with Crippen LogP contribution < -0.4 is 5.32 Å². The van der Waals surface area contributed by atoms with Crippen molar-refractivity contribution in [2.45, 2.75) is 58.1 Å². The molecule has 0 spiro atoms. The van der Waals surface area contributed by atoms with Crippen molar-refractivity contribution in [1.82, 2.24) is 10.2 Å². The van der Waals surface area contributed by atoms with E-state index >= 15 is 0 Å². The SMILES string of the molecule is CCCN1CCC(NCCC(O)CC)CC1. The fourth-order valence-electron chi connectivity index (χ4n) is 2.34. The molecule has 0 aromatic heterocycles. The van der Waals surface area contributed by atoms with Gasteiger partial charge in [0, 0.05) is 6.04 Å². The van der Waals surface area contributed by atoms with E-state index in [2.05, 4.69) is 17.1 Å². The van der Waals surface area contributed by atoms with Crippen molar-refractivity contribution in [3.8, 4) is 0 Å². The molecule has 0 aromatic rings. The lowest BCUT2D eigenvalue weighted by molar-refractivity contribution is 0.152. The minimum Gasteiger partial charge on any atom is -0.393 e. The van der Waals surface area contributed by atoms with Gasteiger partial charge in [-0.1, -0.05) is 13.8 Å². The number of rotatable bonds is 7. The van der Waals surface area contributed by atoms with Crippen LogP contribution in [0, 0.1) is 0 Å². The van der Waals surface area contributed by atoms with E-state index in [-0.39, 0.29) is 6.10 Å². The summed E-state index contributed by atoms with van der Waals surface area (Å²) in [5.74, 6) is 0. The molecule has 1 aliphatic rings. The third-order valence-electron chi connectivity index (χ3n) is 3.51. The average Bonchev–Trinajstić information content (AvgIpc) is 2.31. The minimum atomic E-state index is -0.118. The number of piperidine rings is 1. The summed E-state index contributed by atoms with van der Waals surface area (Å²) in [4.78, 5) is 2.55. The van der Waals surface area contributed by atoms with Gasteiger partial charge in [0.2, 0.25) is 0 Å². The Bertz CT molecular complexity index is 167. The van der Waals surface area contributed by atoms with Crippen LogP contribution >= 0.6 is 0 Å². The van der Waals surface area contributed by atoms with Crippen molar-refractivity contribution in [2.75, 3.05) is 26.2 Å². The highest BCUT2D eigenvalue weighted by molar-refractivity contribution is 4.77. The highest BCUT2D eigenvalue weighted by Gasteiger charge is 2.17. The molecule has 1 atom stereocenters. The Hall–Kier alpha value is -0.120. The summed E-state index contributed by atoms with van der Waals surface area (Å²) in [6, 6.07) is 0.678. The fraction of sp³-hybridized carbons (Fsp3) is 1.00. The van der Waals surface area contributed by atoms with E-state index in [0.29, 0.717) is 6.04 Å². The van der Waals surface area contributed by atoms with E-state index in [1.807, 2.05) is 6.92 Å². The van der Waals surface area contributed by atoms with E-state index in [9.17, 15) is 5.11 Å². The summed E-state index contributed by atoms with van der Waals surface area (Å²) >= 11 is 0. The second-order valence-corrected chi connectivity index (χ2v) is 4.92. The van der Waals surface area contributed by atoms with Gasteiger partial charge in [-0.25, -0.2) is 0 Å². The second-order valence-electron chi connectivity index (χ2n) is 4.92. The lowest BCUT2D eigenvalue weighted by atomic mass is 10.0. The van der Waals surface area contributed by atoms with Crippen molar-refractivity contribution < 1.29 is 5.11 Å². The van der Waals surface area contributed by atoms with Crippen LogP contribution in [0.15, 0.2) is 0 Å². The minimum absolute atomic E-state index is 0.118. The first-order chi connectivity index (χ1) is 7.76. The van der Waals surface area contributed by atoms with Gasteiger partial charge in [-0.15, -0.1) is 0 Å². The Morgan fingerprint density at radius 2 is 2.00 bits per heavy atom. The third kappa shape index (κ3) is 5.28. The van der Waals surface area contributed by atoms with Gasteiger partial charge in [0.15, 0.2) is 0 Å². The molecule has 2 N–H and O–H groups in total. The smallest absolute Gasteiger partial charge is 0.0549 e. The Balaban J connectivity index is 2.03. The lowest BCUT2D eigenvalue weighted by Gasteiger charge is -2.32. The molecule has 1 heterocycles. The highest BCUT2D eigenvalue weighted by atomic mass is 16.3. The van der Waals surface area contributed by atoms with Crippen LogP contribution in [0.5, 0.6) is 0 Å². The summed E-state index contributed by atoms with van der Waals surface area (Å²) in [6.07, 6.45) is 5.45. The van der Waals surface area contributed by atoms with E-state index in [0.717, 1.165) is 19.4 Å². The van der Waals surface area contributed by atoms with Crippen molar-refractivity contribution in [1.29, 1.82) is 0 Å². The van der Waals surface area contributed by atoms with Crippen molar-refractivity contribution in [2.24, 2.45) is 0 Å². The maximum Gasteiger partial charge on any atom is 0.0549 e. The number of hydrogen-bond acceptors (Lipinski definition) is 3. The number of nitrogens with one attached hydrogen (secondary N) is 1. The monoisotopic (exact) mass is 228 g/mol. The molecule has 0 bridgehead atoms. The predicted octanol–water partition coefficient (Wildman–Crippen LogP) is 1.61. The topological polar surface area (TPSA) is 35.5 Å². The number of nitrogens with zero attached hydrogens (tertiary/aromatic N) is 1. The number of hydrogen-bond donors (Lipinski definition) is 2. The molecular weight excluding hydrogens is 200 g/mol. The molecule has 0 radical (unpaired) electrons. The van der Waals surface area contributed by atoms with Gasteiger partial charge in [-0.2, -0.15) is 0 Å². The summed E-state index contributed by atoms with van der Waals surface area (Å²) in [7, 11) is 0. The molecular formula is C13H28N2O. The average molecular weight is 228 g/mol. The van der Waals surface area contributed by atoms with Crippen molar-refractivity contribution in [3.05, 3.63) is 0 Å². The Morgan fingerprint density at radius 3 is 2.56 bits per heavy atom. The molecule has 1 rings (SSSR count). The van der Waals surface area contributed by atoms with Gasteiger partial charge in [0.05, 0.1) is 6.10 Å². The van der Waals surface area contributed by atoms with Crippen LogP contribution in [0.3, 0.4) is 0 Å². The van der Waals surface area contributed by atoms with Crippen molar-refractivity contribution >= 4 is 0 Å². The first kappa shape index (κ1) is 13.9. The zero-order valence-electron chi connectivity index (χ0n) is 10.9. The summed E-state index contributed by atoms with van der Waals surface area (Å²) < 4.78 is 0.